The Kier molecular flexibility index (Phi) is 7.72. The molecule has 0 atom stereocenters. The molecule has 0 bridgehead atoms. The Morgan fingerprint density at radius 2 is 1.24 bits per heavy atom. The van der Waals surface area contributed by atoms with Gasteiger partial charge >= 0.3 is 0 Å². The monoisotopic (exact) mass is 510 g/mol. The second-order valence-electron chi connectivity index (χ2n) is 8.62. The molecule has 196 valence electrons. The second-order valence-corrected chi connectivity index (χ2v) is 8.62. The van der Waals surface area contributed by atoms with Crippen molar-refractivity contribution < 1.29 is 34.1 Å². The van der Waals surface area contributed by atoms with Crippen molar-refractivity contribution in [1.29, 1.82) is 0 Å². The molecule has 13 nitrogen and oxygen atoms in total. The largest absolute Gasteiger partial charge is 0.530 e. The van der Waals surface area contributed by atoms with Crippen LogP contribution in [0.4, 0.5) is 14.4 Å². The first kappa shape index (κ1) is 25.7. The van der Waals surface area contributed by atoms with E-state index >= 15 is 0 Å². The van der Waals surface area contributed by atoms with E-state index in [0.717, 1.165) is 14.7 Å². The normalized spacial score (nSPS) is 16.4. The summed E-state index contributed by atoms with van der Waals surface area (Å²) < 4.78 is 5.82. The van der Waals surface area contributed by atoms with E-state index in [9.17, 15) is 34.5 Å². The standard InChI is InChI=1S/C24H27N5O8/c30-20-17-3-1-2-4-19(17)37-21-18(20)6-5-16(25-21)15-26-7-9-27(22(31)32)11-13-29(24(35)36)14-12-28(10-8-26)23(33)34/h1-6H,7-15H2,(H,31,32)(H,33,34)(H,35,36)/p-3. The van der Waals surface area contributed by atoms with Crippen molar-refractivity contribution in [2.45, 2.75) is 6.54 Å². The summed E-state index contributed by atoms with van der Waals surface area (Å²) in [5.74, 6) is 0. The Balaban J connectivity index is 1.58. The third-order valence-electron chi connectivity index (χ3n) is 6.31. The minimum Gasteiger partial charge on any atom is -0.530 e. The number of amides is 3. The number of para-hydroxylation sites is 1. The number of hydrogen-bond donors (Lipinski definition) is 0. The van der Waals surface area contributed by atoms with Gasteiger partial charge in [0.15, 0.2) is 0 Å². The van der Waals surface area contributed by atoms with Crippen molar-refractivity contribution in [2.75, 3.05) is 52.4 Å². The van der Waals surface area contributed by atoms with Gasteiger partial charge in [0.2, 0.25) is 11.1 Å². The van der Waals surface area contributed by atoms with Gasteiger partial charge < -0.3 is 48.8 Å². The molecule has 13 heteroatoms. The van der Waals surface area contributed by atoms with Gasteiger partial charge in [-0.05, 0) is 24.3 Å². The molecular weight excluding hydrogens is 486 g/mol. The quantitative estimate of drug-likeness (QED) is 0.354. The van der Waals surface area contributed by atoms with Crippen LogP contribution in [-0.4, -0.2) is 95.2 Å². The number of carbonyl (C=O) groups is 3. The van der Waals surface area contributed by atoms with Gasteiger partial charge in [-0.25, -0.2) is 4.98 Å². The fraction of sp³-hybridized carbons (Fsp3) is 0.375. The first-order valence-corrected chi connectivity index (χ1v) is 11.6. The van der Waals surface area contributed by atoms with Crippen molar-refractivity contribution in [2.24, 2.45) is 0 Å². The molecule has 37 heavy (non-hydrogen) atoms. The summed E-state index contributed by atoms with van der Waals surface area (Å²) in [5, 5.41) is 35.3. The zero-order valence-electron chi connectivity index (χ0n) is 19.8. The predicted octanol–water partition coefficient (Wildman–Crippen LogP) is -1.91. The topological polar surface area (TPSA) is 176 Å². The van der Waals surface area contributed by atoms with E-state index in [1.165, 1.54) is 0 Å². The van der Waals surface area contributed by atoms with Crippen LogP contribution in [-0.2, 0) is 6.54 Å². The number of carboxylic acid groups (broad SMARTS) is 3. The molecular formula is C24H24N5O8-3. The molecule has 1 aromatic carbocycles. The predicted molar refractivity (Wildman–Crippen MR) is 124 cm³/mol. The number of benzene rings is 1. The van der Waals surface area contributed by atoms with Crippen LogP contribution in [0.3, 0.4) is 0 Å². The summed E-state index contributed by atoms with van der Waals surface area (Å²) in [7, 11) is 0. The Bertz CT molecular complexity index is 1350. The van der Waals surface area contributed by atoms with Crippen LogP contribution in [0.15, 0.2) is 45.6 Å². The van der Waals surface area contributed by atoms with E-state index in [4.69, 9.17) is 4.42 Å². The number of carbonyl (C=O) groups excluding carboxylic acids is 3. The summed E-state index contributed by atoms with van der Waals surface area (Å²) in [4.78, 5) is 56.5. The molecule has 3 heterocycles. The number of nitrogens with zero attached hydrogens (tertiary/aromatic N) is 5. The third-order valence-corrected chi connectivity index (χ3v) is 6.31. The number of fused-ring (bicyclic) bond motifs is 2. The molecule has 1 saturated heterocycles. The molecule has 3 aromatic rings. The van der Waals surface area contributed by atoms with Crippen molar-refractivity contribution in [1.82, 2.24) is 24.6 Å². The Morgan fingerprint density at radius 1 is 0.730 bits per heavy atom. The Labute approximate surface area is 210 Å². The van der Waals surface area contributed by atoms with Crippen LogP contribution in [0.5, 0.6) is 0 Å². The molecule has 3 amide bonds. The van der Waals surface area contributed by atoms with Crippen LogP contribution in [0.25, 0.3) is 22.1 Å². The highest BCUT2D eigenvalue weighted by Gasteiger charge is 2.18. The van der Waals surface area contributed by atoms with Gasteiger partial charge in [0.05, 0.1) is 16.5 Å². The number of rotatable bonds is 2. The van der Waals surface area contributed by atoms with Crippen LogP contribution in [0.2, 0.25) is 0 Å². The average molecular weight is 510 g/mol. The summed E-state index contributed by atoms with van der Waals surface area (Å²) in [6.07, 6.45) is -4.44. The molecule has 0 unspecified atom stereocenters. The molecule has 2 aromatic heterocycles. The van der Waals surface area contributed by atoms with Crippen LogP contribution < -0.4 is 20.7 Å². The van der Waals surface area contributed by atoms with Crippen LogP contribution >= 0.6 is 0 Å². The number of pyridine rings is 1. The minimum atomic E-state index is -1.53. The highest BCUT2D eigenvalue weighted by molar-refractivity contribution is 5.87. The molecule has 1 aliphatic heterocycles. The van der Waals surface area contributed by atoms with Gasteiger partial charge in [0.1, 0.15) is 23.9 Å². The zero-order chi connectivity index (χ0) is 26.5. The number of hydrogen-bond acceptors (Lipinski definition) is 10. The van der Waals surface area contributed by atoms with Gasteiger partial charge in [0, 0.05) is 58.9 Å². The van der Waals surface area contributed by atoms with Crippen molar-refractivity contribution in [3.8, 4) is 0 Å². The summed E-state index contributed by atoms with van der Waals surface area (Å²) in [5.41, 5.74) is 0.879. The van der Waals surface area contributed by atoms with Crippen LogP contribution in [0, 0.1) is 0 Å². The van der Waals surface area contributed by atoms with Gasteiger partial charge in [-0.15, -0.1) is 0 Å². The van der Waals surface area contributed by atoms with Gasteiger partial charge in [-0.1, -0.05) is 12.1 Å². The lowest BCUT2D eigenvalue weighted by Gasteiger charge is -2.36. The Morgan fingerprint density at radius 3 is 1.78 bits per heavy atom. The van der Waals surface area contributed by atoms with E-state index in [0.29, 0.717) is 22.0 Å². The first-order chi connectivity index (χ1) is 17.7. The minimum absolute atomic E-state index is 0.0121. The van der Waals surface area contributed by atoms with Crippen LogP contribution in [0.1, 0.15) is 5.69 Å². The average Bonchev–Trinajstić information content (AvgIpc) is 2.85. The first-order valence-electron chi connectivity index (χ1n) is 11.6. The highest BCUT2D eigenvalue weighted by atomic mass is 16.4. The maximum absolute atomic E-state index is 12.8. The maximum Gasteiger partial charge on any atom is 0.230 e. The SMILES string of the molecule is O=C([O-])N1CCN(Cc2ccc3c(=O)c4ccccc4oc3n2)CCN(C(=O)[O-])CCN(C(=O)[O-])CC1. The van der Waals surface area contributed by atoms with Gasteiger partial charge in [-0.3, -0.25) is 9.69 Å². The smallest absolute Gasteiger partial charge is 0.230 e. The molecule has 1 fully saturated rings. The van der Waals surface area contributed by atoms with Gasteiger partial charge in [0.25, 0.3) is 0 Å². The fourth-order valence-corrected chi connectivity index (χ4v) is 4.20. The Hall–Kier alpha value is -4.39. The van der Waals surface area contributed by atoms with E-state index in [1.807, 2.05) is 0 Å². The lowest BCUT2D eigenvalue weighted by atomic mass is 10.2. The second kappa shape index (κ2) is 11.1. The molecule has 0 N–H and O–H groups in total. The summed E-state index contributed by atoms with van der Waals surface area (Å²) in [6.45, 7) is -0.178. The van der Waals surface area contributed by atoms with E-state index in [1.54, 1.807) is 41.3 Å². The molecule has 4 rings (SSSR count). The zero-order valence-corrected chi connectivity index (χ0v) is 19.8. The molecule has 0 radical (unpaired) electrons. The fourth-order valence-electron chi connectivity index (χ4n) is 4.20. The molecule has 0 saturated carbocycles. The third kappa shape index (κ3) is 6.06. The van der Waals surface area contributed by atoms with Crippen molar-refractivity contribution >= 4 is 40.3 Å². The van der Waals surface area contributed by atoms with Gasteiger partial charge in [-0.2, -0.15) is 0 Å². The van der Waals surface area contributed by atoms with Crippen molar-refractivity contribution in [3.63, 3.8) is 0 Å². The van der Waals surface area contributed by atoms with Crippen molar-refractivity contribution in [3.05, 3.63) is 52.3 Å². The van der Waals surface area contributed by atoms with E-state index < -0.39 is 18.3 Å². The lowest BCUT2D eigenvalue weighted by Crippen LogP contribution is -2.54. The lowest BCUT2D eigenvalue weighted by molar-refractivity contribution is -0.272. The number of aromatic nitrogens is 1. The van der Waals surface area contributed by atoms with E-state index in [-0.39, 0.29) is 70.0 Å². The molecule has 0 spiro atoms. The summed E-state index contributed by atoms with van der Waals surface area (Å²) in [6, 6.07) is 10.1. The maximum atomic E-state index is 12.8. The molecule has 1 aliphatic rings. The van der Waals surface area contributed by atoms with E-state index in [2.05, 4.69) is 4.98 Å². The highest BCUT2D eigenvalue weighted by Crippen LogP contribution is 2.18. The summed E-state index contributed by atoms with van der Waals surface area (Å²) >= 11 is 0. The molecule has 0 aliphatic carbocycles.